The highest BCUT2D eigenvalue weighted by Gasteiger charge is 2.33. The molecule has 182 valence electrons. The van der Waals surface area contributed by atoms with E-state index in [1.54, 1.807) is 4.57 Å². The smallest absolute Gasteiger partial charge is 0.364 e. The van der Waals surface area contributed by atoms with Crippen LogP contribution >= 0.6 is 0 Å². The number of carbonyl (C=O) groups excluding carboxylic acids is 1. The zero-order chi connectivity index (χ0) is 25.0. The third kappa shape index (κ3) is 3.62. The second-order valence-corrected chi connectivity index (χ2v) is 9.09. The van der Waals surface area contributed by atoms with Gasteiger partial charge < -0.3 is 14.9 Å². The third-order valence-electron chi connectivity index (χ3n) is 6.79. The Morgan fingerprint density at radius 1 is 1.06 bits per heavy atom. The minimum atomic E-state index is -4.58. The number of pyridine rings is 1. The van der Waals surface area contributed by atoms with E-state index in [0.29, 0.717) is 11.1 Å². The number of benzene rings is 2. The Bertz CT molecular complexity index is 1630. The molecule has 5 aromatic rings. The summed E-state index contributed by atoms with van der Waals surface area (Å²) in [5.74, 6) is 0.257. The summed E-state index contributed by atoms with van der Waals surface area (Å²) in [7, 11) is 0. The second kappa shape index (κ2) is 8.22. The molecule has 4 heterocycles. The van der Waals surface area contributed by atoms with Crippen LogP contribution in [0.4, 0.5) is 13.2 Å². The quantitative estimate of drug-likeness (QED) is 0.359. The van der Waals surface area contributed by atoms with Crippen LogP contribution in [-0.2, 0) is 25.7 Å². The predicted octanol–water partition coefficient (Wildman–Crippen LogP) is 5.56. The van der Waals surface area contributed by atoms with E-state index in [-0.39, 0.29) is 23.3 Å². The van der Waals surface area contributed by atoms with Gasteiger partial charge in [0.2, 0.25) is 0 Å². The molecule has 0 unspecified atom stereocenters. The van der Waals surface area contributed by atoms with E-state index in [2.05, 4.69) is 9.55 Å². The van der Waals surface area contributed by atoms with Gasteiger partial charge in [0.05, 0.1) is 16.6 Å². The number of hydrogen-bond donors (Lipinski definition) is 1. The van der Waals surface area contributed by atoms with Crippen LogP contribution in [0.25, 0.3) is 33.2 Å². The third-order valence-corrected chi connectivity index (χ3v) is 6.79. The van der Waals surface area contributed by atoms with E-state index in [1.165, 1.54) is 0 Å². The molecule has 6 rings (SSSR count). The first-order valence-electron chi connectivity index (χ1n) is 11.7. The van der Waals surface area contributed by atoms with Crippen LogP contribution in [0, 0.1) is 0 Å². The number of fused-ring (bicyclic) bond motifs is 4. The Kier molecular flexibility index (Phi) is 5.10. The molecule has 2 N–H and O–H groups in total. The van der Waals surface area contributed by atoms with E-state index in [0.717, 1.165) is 60.5 Å². The number of alkyl halides is 3. The number of nitrogens with zero attached hydrogens (tertiary/aromatic N) is 4. The van der Waals surface area contributed by atoms with Crippen LogP contribution in [0.15, 0.2) is 60.8 Å². The molecule has 0 radical (unpaired) electrons. The van der Waals surface area contributed by atoms with Crippen molar-refractivity contribution in [2.75, 3.05) is 0 Å². The summed E-state index contributed by atoms with van der Waals surface area (Å²) in [5, 5.41) is 0.220. The first kappa shape index (κ1) is 22.3. The molecule has 0 fully saturated rings. The van der Waals surface area contributed by atoms with Gasteiger partial charge in [0, 0.05) is 36.7 Å². The highest BCUT2D eigenvalue weighted by atomic mass is 19.4. The van der Waals surface area contributed by atoms with E-state index in [9.17, 15) is 18.0 Å². The van der Waals surface area contributed by atoms with Gasteiger partial charge in [0.25, 0.3) is 5.91 Å². The van der Waals surface area contributed by atoms with Crippen molar-refractivity contribution < 1.29 is 18.0 Å². The molecule has 0 saturated carbocycles. The van der Waals surface area contributed by atoms with Crippen LogP contribution in [0.2, 0.25) is 0 Å². The van der Waals surface area contributed by atoms with Gasteiger partial charge in [-0.1, -0.05) is 36.4 Å². The number of carbonyl (C=O) groups is 1. The number of hydrogen-bond acceptors (Lipinski definition) is 3. The topological polar surface area (TPSA) is 78.7 Å². The van der Waals surface area contributed by atoms with Crippen LogP contribution in [0.5, 0.6) is 0 Å². The summed E-state index contributed by atoms with van der Waals surface area (Å²) in [4.78, 5) is 21.7. The fourth-order valence-corrected chi connectivity index (χ4v) is 5.18. The van der Waals surface area contributed by atoms with E-state index in [4.69, 9.17) is 10.7 Å². The van der Waals surface area contributed by atoms with Crippen molar-refractivity contribution in [2.24, 2.45) is 5.73 Å². The molecule has 0 saturated heterocycles. The Labute approximate surface area is 204 Å². The van der Waals surface area contributed by atoms with Gasteiger partial charge >= 0.3 is 6.18 Å². The summed E-state index contributed by atoms with van der Waals surface area (Å²) in [5.41, 5.74) is 8.83. The summed E-state index contributed by atoms with van der Waals surface area (Å²) in [6, 6.07) is 15.9. The molecule has 3 aromatic heterocycles. The highest BCUT2D eigenvalue weighted by molar-refractivity contribution is 6.10. The molecular weight excluding hydrogens is 467 g/mol. The number of aromatic nitrogens is 4. The molecule has 0 atom stereocenters. The minimum absolute atomic E-state index is 0.115. The largest absolute Gasteiger partial charge is 0.417 e. The van der Waals surface area contributed by atoms with Gasteiger partial charge in [-0.2, -0.15) is 13.2 Å². The molecule has 6 nitrogen and oxygen atoms in total. The van der Waals surface area contributed by atoms with Crippen molar-refractivity contribution in [2.45, 2.75) is 38.5 Å². The maximum Gasteiger partial charge on any atom is 0.417 e. The van der Waals surface area contributed by atoms with Crippen LogP contribution in [-0.4, -0.2) is 25.0 Å². The fourth-order valence-electron chi connectivity index (χ4n) is 5.18. The molecule has 1 amide bonds. The van der Waals surface area contributed by atoms with Gasteiger partial charge in [-0.15, -0.1) is 0 Å². The lowest BCUT2D eigenvalue weighted by molar-refractivity contribution is -0.137. The van der Waals surface area contributed by atoms with Crippen LogP contribution in [0.1, 0.15) is 40.3 Å². The average Bonchev–Trinajstić information content (AvgIpc) is 3.39. The number of halogens is 3. The zero-order valence-electron chi connectivity index (χ0n) is 19.2. The second-order valence-electron chi connectivity index (χ2n) is 9.09. The molecular formula is C27H22F3N5O. The fraction of sp³-hybridized carbons (Fsp3) is 0.222. The summed E-state index contributed by atoms with van der Waals surface area (Å²) < 4.78 is 44.7. The Balaban J connectivity index is 1.63. The van der Waals surface area contributed by atoms with Gasteiger partial charge in [-0.3, -0.25) is 4.79 Å². The van der Waals surface area contributed by atoms with Crippen molar-refractivity contribution in [1.82, 2.24) is 19.1 Å². The van der Waals surface area contributed by atoms with E-state index in [1.807, 2.05) is 48.5 Å². The van der Waals surface area contributed by atoms with Crippen LogP contribution < -0.4 is 5.73 Å². The zero-order valence-corrected chi connectivity index (χ0v) is 19.2. The summed E-state index contributed by atoms with van der Waals surface area (Å²) in [6.45, 7) is 1.11. The van der Waals surface area contributed by atoms with Crippen molar-refractivity contribution in [3.05, 3.63) is 83.4 Å². The van der Waals surface area contributed by atoms with Gasteiger partial charge in [0.1, 0.15) is 17.2 Å². The lowest BCUT2D eigenvalue weighted by Gasteiger charge is -2.13. The van der Waals surface area contributed by atoms with Crippen LogP contribution in [0.3, 0.4) is 0 Å². The number of primary amides is 1. The minimum Gasteiger partial charge on any atom is -0.364 e. The predicted molar refractivity (Wildman–Crippen MR) is 130 cm³/mol. The van der Waals surface area contributed by atoms with E-state index >= 15 is 0 Å². The number of amides is 1. The number of rotatable bonds is 4. The molecule has 0 spiro atoms. The number of imidazole rings is 1. The van der Waals surface area contributed by atoms with Crippen molar-refractivity contribution in [1.29, 1.82) is 0 Å². The number of aryl methyl sites for hydroxylation is 2. The normalized spacial score (nSPS) is 13.9. The van der Waals surface area contributed by atoms with Gasteiger partial charge in [-0.25, -0.2) is 9.97 Å². The van der Waals surface area contributed by atoms with Crippen molar-refractivity contribution >= 4 is 28.0 Å². The van der Waals surface area contributed by atoms with E-state index < -0.39 is 17.6 Å². The molecule has 1 aliphatic rings. The average molecular weight is 490 g/mol. The molecule has 1 aliphatic heterocycles. The molecule has 0 aliphatic carbocycles. The maximum absolute atomic E-state index is 13.7. The first-order valence-corrected chi connectivity index (χ1v) is 11.7. The highest BCUT2D eigenvalue weighted by Crippen LogP contribution is 2.39. The Morgan fingerprint density at radius 2 is 1.86 bits per heavy atom. The Morgan fingerprint density at radius 3 is 2.61 bits per heavy atom. The lowest BCUT2D eigenvalue weighted by Crippen LogP contribution is -2.18. The Hall–Kier alpha value is -4.14. The summed E-state index contributed by atoms with van der Waals surface area (Å²) in [6.07, 6.45) is -0.762. The lowest BCUT2D eigenvalue weighted by atomic mass is 10.0. The maximum atomic E-state index is 13.7. The SMILES string of the molecule is NC(=O)c1c(-c2ccc3c(c2)nc2n3CCCC2)c2cc(C(F)(F)F)cnc2n1Cc1ccccc1. The molecule has 9 heteroatoms. The first-order chi connectivity index (χ1) is 17.3. The monoisotopic (exact) mass is 489 g/mol. The molecule has 2 aromatic carbocycles. The summed E-state index contributed by atoms with van der Waals surface area (Å²) >= 11 is 0. The van der Waals surface area contributed by atoms with Gasteiger partial charge in [0.15, 0.2) is 0 Å². The molecule has 36 heavy (non-hydrogen) atoms. The number of nitrogens with two attached hydrogens (primary N) is 1. The standard InChI is InChI=1S/C27H22F3N5O/c28-27(29,30)18-13-19-23(17-9-10-21-20(12-17)33-22-8-4-5-11-34(21)22)24(25(31)36)35(26(19)32-14-18)15-16-6-2-1-3-7-16/h1-3,6-7,9-10,12-14H,4-5,8,11,15H2,(H2,31,36). The van der Waals surface area contributed by atoms with Crippen molar-refractivity contribution in [3.63, 3.8) is 0 Å². The molecule has 0 bridgehead atoms. The van der Waals surface area contributed by atoms with Crippen molar-refractivity contribution in [3.8, 4) is 11.1 Å². The van der Waals surface area contributed by atoms with Gasteiger partial charge in [-0.05, 0) is 42.2 Å².